The fraction of sp³-hybridized carbons (Fsp3) is 0.846. The Morgan fingerprint density at radius 1 is 1.47 bits per heavy atom. The first-order valence-corrected chi connectivity index (χ1v) is 5.81. The van der Waals surface area contributed by atoms with E-state index in [2.05, 4.69) is 26.8 Å². The highest BCUT2D eigenvalue weighted by Gasteiger charge is 2.62. The van der Waals surface area contributed by atoms with Crippen molar-refractivity contribution in [3.05, 3.63) is 0 Å². The number of hydrogen-bond donors (Lipinski definition) is 0. The average Bonchev–Trinajstić information content (AvgIpc) is 2.12. The van der Waals surface area contributed by atoms with Crippen LogP contribution in [-0.2, 0) is 4.79 Å². The van der Waals surface area contributed by atoms with Gasteiger partial charge in [-0.1, -0.05) is 20.8 Å². The summed E-state index contributed by atoms with van der Waals surface area (Å²) in [7, 11) is 0. The fourth-order valence-corrected chi connectivity index (χ4v) is 3.90. The molecule has 3 aliphatic carbocycles. The summed E-state index contributed by atoms with van der Waals surface area (Å²) in [6, 6.07) is 2.21. The normalized spacial score (nSPS) is 41.9. The largest absolute Gasteiger partial charge is 0.299 e. The third-order valence-electron chi connectivity index (χ3n) is 4.88. The molecule has 3 aliphatic rings. The second kappa shape index (κ2) is 3.07. The molecule has 0 unspecified atom stereocenters. The lowest BCUT2D eigenvalue weighted by molar-refractivity contribution is -0.174. The maximum Gasteiger partial charge on any atom is 0.137 e. The van der Waals surface area contributed by atoms with Crippen LogP contribution < -0.4 is 0 Å². The predicted octanol–water partition coefficient (Wildman–Crippen LogP) is 2.93. The van der Waals surface area contributed by atoms with E-state index in [1.54, 1.807) is 0 Å². The first-order chi connectivity index (χ1) is 6.92. The van der Waals surface area contributed by atoms with Crippen molar-refractivity contribution in [2.24, 2.45) is 22.7 Å². The molecule has 0 aromatic rings. The molecule has 15 heavy (non-hydrogen) atoms. The first-order valence-electron chi connectivity index (χ1n) is 5.81. The van der Waals surface area contributed by atoms with Gasteiger partial charge in [-0.25, -0.2) is 0 Å². The Kier molecular flexibility index (Phi) is 2.19. The summed E-state index contributed by atoms with van der Waals surface area (Å²) in [4.78, 5) is 11.9. The minimum Gasteiger partial charge on any atom is -0.299 e. The molecule has 2 bridgehead atoms. The van der Waals surface area contributed by atoms with E-state index in [1.807, 2.05) is 0 Å². The Bertz CT molecular complexity index is 339. The van der Waals surface area contributed by atoms with Crippen molar-refractivity contribution >= 4 is 5.78 Å². The molecule has 0 aromatic heterocycles. The summed E-state index contributed by atoms with van der Waals surface area (Å²) < 4.78 is 0. The number of carbonyl (C=O) groups excluding carboxylic acids is 1. The highest BCUT2D eigenvalue weighted by Crippen LogP contribution is 2.65. The van der Waals surface area contributed by atoms with Gasteiger partial charge in [-0.2, -0.15) is 5.26 Å². The Balaban J connectivity index is 2.20. The van der Waals surface area contributed by atoms with Crippen molar-refractivity contribution < 1.29 is 4.79 Å². The summed E-state index contributed by atoms with van der Waals surface area (Å²) in [6.07, 6.45) is 3.23. The van der Waals surface area contributed by atoms with Gasteiger partial charge in [-0.15, -0.1) is 0 Å². The zero-order chi connectivity index (χ0) is 11.3. The number of carbonyl (C=O) groups is 1. The predicted molar refractivity (Wildman–Crippen MR) is 58.0 cm³/mol. The van der Waals surface area contributed by atoms with Crippen molar-refractivity contribution in [1.82, 2.24) is 0 Å². The van der Waals surface area contributed by atoms with E-state index >= 15 is 0 Å². The molecule has 0 aromatic carbocycles. The zero-order valence-corrected chi connectivity index (χ0v) is 9.84. The van der Waals surface area contributed by atoms with Crippen LogP contribution in [0.1, 0.15) is 46.5 Å². The highest BCUT2D eigenvalue weighted by molar-refractivity contribution is 5.85. The van der Waals surface area contributed by atoms with E-state index in [-0.39, 0.29) is 10.8 Å². The summed E-state index contributed by atoms with van der Waals surface area (Å²) in [5.74, 6) is 1.38. The van der Waals surface area contributed by atoms with E-state index in [9.17, 15) is 4.79 Å². The lowest BCUT2D eigenvalue weighted by Gasteiger charge is -2.63. The van der Waals surface area contributed by atoms with Crippen molar-refractivity contribution in [2.45, 2.75) is 46.5 Å². The number of nitrogens with zero attached hydrogens (tertiary/aromatic N) is 1. The zero-order valence-electron chi connectivity index (χ0n) is 9.84. The van der Waals surface area contributed by atoms with E-state index in [1.165, 1.54) is 0 Å². The minimum atomic E-state index is 0.0884. The Morgan fingerprint density at radius 2 is 2.13 bits per heavy atom. The second-order valence-electron chi connectivity index (χ2n) is 6.12. The quantitative estimate of drug-likeness (QED) is 0.695. The molecule has 0 radical (unpaired) electrons. The van der Waals surface area contributed by atoms with Gasteiger partial charge >= 0.3 is 0 Å². The van der Waals surface area contributed by atoms with Crippen molar-refractivity contribution in [1.29, 1.82) is 5.26 Å². The maximum atomic E-state index is 11.9. The van der Waals surface area contributed by atoms with Crippen LogP contribution in [0.3, 0.4) is 0 Å². The van der Waals surface area contributed by atoms with Gasteiger partial charge in [0.05, 0.1) is 6.07 Å². The van der Waals surface area contributed by atoms with Gasteiger partial charge in [0.25, 0.3) is 0 Å². The van der Waals surface area contributed by atoms with Crippen LogP contribution in [-0.4, -0.2) is 5.78 Å². The van der Waals surface area contributed by atoms with Crippen LogP contribution in [0.5, 0.6) is 0 Å². The average molecular weight is 205 g/mol. The Hall–Kier alpha value is -0.840. The molecule has 0 saturated heterocycles. The van der Waals surface area contributed by atoms with Crippen LogP contribution in [0.4, 0.5) is 0 Å². The molecular formula is C13H19NO. The Morgan fingerprint density at radius 3 is 2.60 bits per heavy atom. The molecule has 2 nitrogen and oxygen atoms in total. The van der Waals surface area contributed by atoms with Gasteiger partial charge in [0, 0.05) is 18.8 Å². The summed E-state index contributed by atoms with van der Waals surface area (Å²) in [5.41, 5.74) is 0.268. The van der Waals surface area contributed by atoms with E-state index in [0.717, 1.165) is 12.8 Å². The third kappa shape index (κ3) is 1.33. The molecule has 82 valence electrons. The third-order valence-corrected chi connectivity index (χ3v) is 4.88. The number of hydrogen-bond acceptors (Lipinski definition) is 2. The van der Waals surface area contributed by atoms with Crippen LogP contribution in [0, 0.1) is 34.0 Å². The van der Waals surface area contributed by atoms with Crippen LogP contribution in [0.2, 0.25) is 0 Å². The van der Waals surface area contributed by atoms with Gasteiger partial charge in [0.1, 0.15) is 5.78 Å². The lowest BCUT2D eigenvalue weighted by Crippen LogP contribution is -2.60. The summed E-state index contributed by atoms with van der Waals surface area (Å²) >= 11 is 0. The SMILES string of the molecule is CC1(C)[C@@H]2C[C@H]1[C@@](C)(CCC#N)CC2=O. The molecule has 0 spiro atoms. The second-order valence-corrected chi connectivity index (χ2v) is 6.12. The molecule has 3 saturated carbocycles. The molecule has 3 atom stereocenters. The van der Waals surface area contributed by atoms with Gasteiger partial charge in [-0.3, -0.25) is 4.79 Å². The fourth-order valence-electron chi connectivity index (χ4n) is 3.90. The molecule has 0 N–H and O–H groups in total. The Labute approximate surface area is 91.7 Å². The number of nitriles is 1. The lowest BCUT2D eigenvalue weighted by atomic mass is 9.40. The van der Waals surface area contributed by atoms with Crippen LogP contribution in [0.25, 0.3) is 0 Å². The van der Waals surface area contributed by atoms with Crippen LogP contribution >= 0.6 is 0 Å². The number of Topliss-reactive ketones (excluding diaryl/α,β-unsaturated/α-hetero) is 1. The van der Waals surface area contributed by atoms with Crippen molar-refractivity contribution in [3.63, 3.8) is 0 Å². The smallest absolute Gasteiger partial charge is 0.137 e. The van der Waals surface area contributed by atoms with Gasteiger partial charge in [0.2, 0.25) is 0 Å². The van der Waals surface area contributed by atoms with Crippen LogP contribution in [0.15, 0.2) is 0 Å². The topological polar surface area (TPSA) is 40.9 Å². The highest BCUT2D eigenvalue weighted by atomic mass is 16.1. The molecule has 3 rings (SSSR count). The molecule has 0 heterocycles. The van der Waals surface area contributed by atoms with Gasteiger partial charge < -0.3 is 0 Å². The van der Waals surface area contributed by atoms with Crippen molar-refractivity contribution in [2.75, 3.05) is 0 Å². The first kappa shape index (κ1) is 10.7. The number of rotatable bonds is 2. The molecule has 0 amide bonds. The minimum absolute atomic E-state index is 0.0884. The molecule has 3 fully saturated rings. The van der Waals surface area contributed by atoms with Crippen molar-refractivity contribution in [3.8, 4) is 6.07 Å². The van der Waals surface area contributed by atoms with E-state index in [4.69, 9.17) is 5.26 Å². The number of fused-ring (bicyclic) bond motifs is 2. The van der Waals surface area contributed by atoms with E-state index in [0.29, 0.717) is 30.5 Å². The monoisotopic (exact) mass is 205 g/mol. The summed E-state index contributed by atoms with van der Waals surface area (Å²) in [5, 5.41) is 8.67. The molecular weight excluding hydrogens is 186 g/mol. The molecule has 0 aliphatic heterocycles. The van der Waals surface area contributed by atoms with E-state index < -0.39 is 0 Å². The van der Waals surface area contributed by atoms with Gasteiger partial charge in [-0.05, 0) is 29.6 Å². The standard InChI is InChI=1S/C13H19NO/c1-12(2)9-7-11(12)13(3,5-4-6-14)8-10(9)15/h9,11H,4-5,7-8H2,1-3H3/t9-,11-,13+/m1/s1. The van der Waals surface area contributed by atoms with Gasteiger partial charge in [0.15, 0.2) is 0 Å². The number of ketones is 1. The summed E-state index contributed by atoms with van der Waals surface area (Å²) in [6.45, 7) is 6.63. The maximum absolute atomic E-state index is 11.9. The molecule has 2 heteroatoms.